The summed E-state index contributed by atoms with van der Waals surface area (Å²) in [5, 5.41) is 3.60. The summed E-state index contributed by atoms with van der Waals surface area (Å²) < 4.78 is 33.4. The highest BCUT2D eigenvalue weighted by Gasteiger charge is 2.28. The Labute approximate surface area is 161 Å². The molecule has 3 rings (SSSR count). The number of carbonyl (C=O) groups is 2. The van der Waals surface area contributed by atoms with E-state index in [1.54, 1.807) is 6.92 Å². The first-order valence-corrected chi connectivity index (χ1v) is 11.4. The molecule has 0 aliphatic carbocycles. The standard InChI is InChI=1S/C18H21NO6S2/c1-12(16-8-13-4-2-3-5-15(13)25-16)19-17(20)9-24-18(21)10-26-14-6-7-27(22,23)11-14/h2-5,8,12,14H,6-7,9-11H2,1H3,(H,19,20)/t12-,14-/m1/s1. The lowest BCUT2D eigenvalue weighted by Crippen LogP contribution is -2.31. The zero-order valence-electron chi connectivity index (χ0n) is 14.8. The molecule has 2 atom stereocenters. The van der Waals surface area contributed by atoms with Gasteiger partial charge in [0.25, 0.3) is 5.91 Å². The van der Waals surface area contributed by atoms with Crippen LogP contribution in [0.1, 0.15) is 25.1 Å². The van der Waals surface area contributed by atoms with Crippen molar-refractivity contribution in [1.82, 2.24) is 5.32 Å². The zero-order valence-corrected chi connectivity index (χ0v) is 16.5. The van der Waals surface area contributed by atoms with Crippen LogP contribution in [0, 0.1) is 0 Å². The minimum Gasteiger partial charge on any atom is -0.459 e. The van der Waals surface area contributed by atoms with Crippen molar-refractivity contribution in [2.45, 2.75) is 24.6 Å². The molecule has 0 saturated carbocycles. The van der Waals surface area contributed by atoms with Gasteiger partial charge in [0.15, 0.2) is 16.4 Å². The summed E-state index contributed by atoms with van der Waals surface area (Å²) in [6.07, 6.45) is 0.551. The monoisotopic (exact) mass is 411 g/mol. The van der Waals surface area contributed by atoms with Gasteiger partial charge in [-0.05, 0) is 25.5 Å². The van der Waals surface area contributed by atoms with Crippen LogP contribution in [-0.2, 0) is 24.2 Å². The molecule has 1 aromatic carbocycles. The summed E-state index contributed by atoms with van der Waals surface area (Å²) in [7, 11) is -2.96. The van der Waals surface area contributed by atoms with Crippen LogP contribution in [0.15, 0.2) is 34.7 Å². The van der Waals surface area contributed by atoms with Gasteiger partial charge in [-0.15, -0.1) is 11.8 Å². The zero-order chi connectivity index (χ0) is 19.4. The molecule has 1 saturated heterocycles. The smallest absolute Gasteiger partial charge is 0.316 e. The molecule has 0 bridgehead atoms. The summed E-state index contributed by atoms with van der Waals surface area (Å²) in [6, 6.07) is 9.05. The summed E-state index contributed by atoms with van der Waals surface area (Å²) in [6.45, 7) is 1.40. The molecular formula is C18H21NO6S2. The van der Waals surface area contributed by atoms with E-state index in [1.165, 1.54) is 11.8 Å². The van der Waals surface area contributed by atoms with Crippen molar-refractivity contribution in [3.63, 3.8) is 0 Å². The number of ether oxygens (including phenoxy) is 1. The number of hydrogen-bond donors (Lipinski definition) is 1. The average Bonchev–Trinajstić information content (AvgIpc) is 3.21. The Morgan fingerprint density at radius 3 is 2.85 bits per heavy atom. The summed E-state index contributed by atoms with van der Waals surface area (Å²) in [4.78, 5) is 23.7. The van der Waals surface area contributed by atoms with Crippen LogP contribution in [0.3, 0.4) is 0 Å². The van der Waals surface area contributed by atoms with Crippen LogP contribution in [0.5, 0.6) is 0 Å². The van der Waals surface area contributed by atoms with Crippen LogP contribution in [0.2, 0.25) is 0 Å². The normalized spacial score (nSPS) is 19.7. The van der Waals surface area contributed by atoms with Crippen molar-refractivity contribution < 1.29 is 27.2 Å². The van der Waals surface area contributed by atoms with E-state index in [0.717, 1.165) is 11.0 Å². The first-order chi connectivity index (χ1) is 12.8. The number of fused-ring (bicyclic) bond motifs is 1. The van der Waals surface area contributed by atoms with Crippen molar-refractivity contribution >= 4 is 44.4 Å². The fourth-order valence-corrected chi connectivity index (χ4v) is 6.28. The van der Waals surface area contributed by atoms with Gasteiger partial charge in [-0.1, -0.05) is 18.2 Å². The van der Waals surface area contributed by atoms with Crippen LogP contribution in [-0.4, -0.2) is 49.4 Å². The predicted molar refractivity (Wildman–Crippen MR) is 103 cm³/mol. The number of esters is 1. The molecule has 0 radical (unpaired) electrons. The van der Waals surface area contributed by atoms with Gasteiger partial charge in [0.05, 0.1) is 23.3 Å². The quantitative estimate of drug-likeness (QED) is 0.696. The molecule has 27 heavy (non-hydrogen) atoms. The predicted octanol–water partition coefficient (Wildman–Crippen LogP) is 2.07. The van der Waals surface area contributed by atoms with E-state index >= 15 is 0 Å². The summed E-state index contributed by atoms with van der Waals surface area (Å²) in [5.41, 5.74) is 0.742. The minimum atomic E-state index is -2.96. The van der Waals surface area contributed by atoms with Crippen LogP contribution in [0.4, 0.5) is 0 Å². The molecular weight excluding hydrogens is 390 g/mol. The molecule has 9 heteroatoms. The number of sulfone groups is 1. The molecule has 2 aromatic rings. The maximum Gasteiger partial charge on any atom is 0.316 e. The number of rotatable bonds is 7. The number of para-hydroxylation sites is 1. The van der Waals surface area contributed by atoms with E-state index in [9.17, 15) is 18.0 Å². The highest BCUT2D eigenvalue weighted by Crippen LogP contribution is 2.25. The Bertz CT molecular complexity index is 903. The Morgan fingerprint density at radius 2 is 2.15 bits per heavy atom. The number of nitrogens with one attached hydrogen (secondary N) is 1. The maximum absolute atomic E-state index is 12.0. The SMILES string of the molecule is C[C@@H](NC(=O)COC(=O)CS[C@@H]1CCS(=O)(=O)C1)c1cc2ccccc2o1. The molecule has 1 aliphatic rings. The second-order valence-electron chi connectivity index (χ2n) is 6.47. The van der Waals surface area contributed by atoms with Gasteiger partial charge in [0, 0.05) is 10.6 Å². The van der Waals surface area contributed by atoms with Gasteiger partial charge in [-0.2, -0.15) is 0 Å². The highest BCUT2D eigenvalue weighted by atomic mass is 32.2. The lowest BCUT2D eigenvalue weighted by atomic mass is 10.2. The Balaban J connectivity index is 1.40. The number of furan rings is 1. The van der Waals surface area contributed by atoms with Crippen molar-refractivity contribution in [2.75, 3.05) is 23.9 Å². The first kappa shape index (κ1) is 19.8. The number of carbonyl (C=O) groups excluding carboxylic acids is 2. The van der Waals surface area contributed by atoms with Crippen LogP contribution < -0.4 is 5.32 Å². The molecule has 1 fully saturated rings. The van der Waals surface area contributed by atoms with E-state index < -0.39 is 21.7 Å². The van der Waals surface area contributed by atoms with Gasteiger partial charge in [0.2, 0.25) is 0 Å². The van der Waals surface area contributed by atoms with Crippen molar-refractivity contribution in [3.05, 3.63) is 36.1 Å². The Hall–Kier alpha value is -2.00. The molecule has 1 N–H and O–H groups in total. The first-order valence-electron chi connectivity index (χ1n) is 8.58. The van der Waals surface area contributed by atoms with E-state index in [0.29, 0.717) is 12.2 Å². The number of hydrogen-bond acceptors (Lipinski definition) is 7. The van der Waals surface area contributed by atoms with Gasteiger partial charge in [-0.3, -0.25) is 9.59 Å². The second kappa shape index (κ2) is 8.35. The lowest BCUT2D eigenvalue weighted by Gasteiger charge is -2.12. The van der Waals surface area contributed by atoms with Crippen LogP contribution in [0.25, 0.3) is 11.0 Å². The van der Waals surface area contributed by atoms with Crippen molar-refractivity contribution in [1.29, 1.82) is 0 Å². The summed E-state index contributed by atoms with van der Waals surface area (Å²) >= 11 is 1.26. The second-order valence-corrected chi connectivity index (χ2v) is 9.99. The highest BCUT2D eigenvalue weighted by molar-refractivity contribution is 8.02. The number of amides is 1. The maximum atomic E-state index is 12.0. The van der Waals surface area contributed by atoms with Gasteiger partial charge in [-0.25, -0.2) is 8.42 Å². The number of thioether (sulfide) groups is 1. The molecule has 0 spiro atoms. The number of benzene rings is 1. The lowest BCUT2D eigenvalue weighted by molar-refractivity contribution is -0.146. The van der Waals surface area contributed by atoms with Gasteiger partial charge < -0.3 is 14.5 Å². The van der Waals surface area contributed by atoms with E-state index in [4.69, 9.17) is 9.15 Å². The van der Waals surface area contributed by atoms with Gasteiger partial charge >= 0.3 is 5.97 Å². The van der Waals surface area contributed by atoms with E-state index in [2.05, 4.69) is 5.32 Å². The molecule has 1 aromatic heterocycles. The average molecular weight is 412 g/mol. The van der Waals surface area contributed by atoms with E-state index in [-0.39, 0.29) is 35.2 Å². The van der Waals surface area contributed by atoms with Crippen molar-refractivity contribution in [2.24, 2.45) is 0 Å². The van der Waals surface area contributed by atoms with E-state index in [1.807, 2.05) is 30.3 Å². The molecule has 0 unspecified atom stereocenters. The van der Waals surface area contributed by atoms with Crippen molar-refractivity contribution in [3.8, 4) is 0 Å². The fourth-order valence-electron chi connectivity index (χ4n) is 2.84. The van der Waals surface area contributed by atoms with Crippen LogP contribution >= 0.6 is 11.8 Å². The molecule has 2 heterocycles. The fraction of sp³-hybridized carbons (Fsp3) is 0.444. The Morgan fingerprint density at radius 1 is 1.37 bits per heavy atom. The molecule has 1 aliphatic heterocycles. The molecule has 146 valence electrons. The Kier molecular flexibility index (Phi) is 6.11. The summed E-state index contributed by atoms with van der Waals surface area (Å²) in [5.74, 6) is -0.0380. The third-order valence-corrected chi connectivity index (χ3v) is 7.50. The molecule has 1 amide bonds. The largest absolute Gasteiger partial charge is 0.459 e. The third-order valence-electron chi connectivity index (χ3n) is 4.24. The van der Waals surface area contributed by atoms with Gasteiger partial charge in [0.1, 0.15) is 11.3 Å². The third kappa shape index (κ3) is 5.49. The topological polar surface area (TPSA) is 103 Å². The molecule has 7 nitrogen and oxygen atoms in total. The minimum absolute atomic E-state index is 0.0343.